The van der Waals surface area contributed by atoms with Gasteiger partial charge in [0.2, 0.25) is 0 Å². The third-order valence-corrected chi connectivity index (χ3v) is 4.01. The lowest BCUT2D eigenvalue weighted by molar-refractivity contribution is 0.821. The number of hydrogen-bond acceptors (Lipinski definition) is 1. The average molecular weight is 272 g/mol. The lowest BCUT2D eigenvalue weighted by atomic mass is 10.1. The molecule has 2 aromatic carbocycles. The Hall–Kier alpha value is -2.61. The summed E-state index contributed by atoms with van der Waals surface area (Å²) in [5, 5.41) is 0. The van der Waals surface area contributed by atoms with Gasteiger partial charge in [-0.15, -0.1) is 0 Å². The first-order valence-electron chi connectivity index (χ1n) is 7.25. The highest BCUT2D eigenvalue weighted by molar-refractivity contribution is 6.17. The number of nitrogens with zero attached hydrogens (tertiary/aromatic N) is 2. The molecule has 0 fully saturated rings. The number of fused-ring (bicyclic) bond motifs is 3. The van der Waals surface area contributed by atoms with Crippen LogP contribution in [0.2, 0.25) is 0 Å². The molecule has 1 atom stereocenters. The summed E-state index contributed by atoms with van der Waals surface area (Å²) in [4.78, 5) is 5.00. The Kier molecular flexibility index (Phi) is 2.74. The molecule has 102 valence electrons. The van der Waals surface area contributed by atoms with Gasteiger partial charge in [-0.05, 0) is 30.7 Å². The van der Waals surface area contributed by atoms with Crippen LogP contribution in [0.25, 0.3) is 5.69 Å². The summed E-state index contributed by atoms with van der Waals surface area (Å²) in [6, 6.07) is 23.3. The molecule has 0 amide bonds. The Balaban J connectivity index is 1.84. The summed E-state index contributed by atoms with van der Waals surface area (Å²) < 4.78 is 2.21. The molecule has 3 aromatic rings. The van der Waals surface area contributed by atoms with E-state index in [1.54, 1.807) is 0 Å². The first-order valence-corrected chi connectivity index (χ1v) is 7.25. The maximum atomic E-state index is 5.00. The number of hydrogen-bond donors (Lipinski definition) is 0. The molecule has 0 bridgehead atoms. The van der Waals surface area contributed by atoms with Gasteiger partial charge in [-0.1, -0.05) is 48.5 Å². The van der Waals surface area contributed by atoms with E-state index in [-0.39, 0.29) is 6.04 Å². The second kappa shape index (κ2) is 4.74. The van der Waals surface area contributed by atoms with Crippen LogP contribution in [0, 0.1) is 0 Å². The molecule has 21 heavy (non-hydrogen) atoms. The monoisotopic (exact) mass is 272 g/mol. The Morgan fingerprint density at radius 3 is 2.48 bits per heavy atom. The molecule has 2 heteroatoms. The zero-order valence-corrected chi connectivity index (χ0v) is 11.9. The van der Waals surface area contributed by atoms with Crippen LogP contribution in [-0.2, 0) is 0 Å². The number of para-hydroxylation sites is 1. The standard InChI is InChI=1S/C19H16N2/c1-14(15-8-3-2-4-9-15)20-19-16-10-5-6-11-17(16)21-13-7-12-18(19)21/h2-14H,1H3. The maximum absolute atomic E-state index is 5.00. The summed E-state index contributed by atoms with van der Waals surface area (Å²) in [5.41, 5.74) is 5.95. The van der Waals surface area contributed by atoms with Gasteiger partial charge < -0.3 is 4.57 Å². The third-order valence-electron chi connectivity index (χ3n) is 4.01. The highest BCUT2D eigenvalue weighted by Crippen LogP contribution is 2.30. The Morgan fingerprint density at radius 1 is 0.857 bits per heavy atom. The lowest BCUT2D eigenvalue weighted by Crippen LogP contribution is -2.02. The highest BCUT2D eigenvalue weighted by atomic mass is 15.0. The van der Waals surface area contributed by atoms with Crippen molar-refractivity contribution in [1.29, 1.82) is 0 Å². The van der Waals surface area contributed by atoms with Crippen molar-refractivity contribution in [3.63, 3.8) is 0 Å². The van der Waals surface area contributed by atoms with Crippen LogP contribution in [0.1, 0.15) is 29.8 Å². The minimum atomic E-state index is 0.149. The van der Waals surface area contributed by atoms with Crippen LogP contribution in [-0.4, -0.2) is 10.3 Å². The fourth-order valence-corrected chi connectivity index (χ4v) is 2.94. The number of rotatable bonds is 2. The van der Waals surface area contributed by atoms with Crippen molar-refractivity contribution in [2.24, 2.45) is 4.99 Å². The van der Waals surface area contributed by atoms with Crippen LogP contribution in [0.5, 0.6) is 0 Å². The Labute approximate surface area is 124 Å². The number of aromatic nitrogens is 1. The van der Waals surface area contributed by atoms with Crippen LogP contribution in [0.15, 0.2) is 77.9 Å². The summed E-state index contributed by atoms with van der Waals surface area (Å²) in [6.45, 7) is 2.15. The molecule has 0 aliphatic carbocycles. The highest BCUT2D eigenvalue weighted by Gasteiger charge is 2.24. The summed E-state index contributed by atoms with van der Waals surface area (Å²) in [6.07, 6.45) is 2.10. The SMILES string of the molecule is CC(N=C1c2ccccc2-n2cccc21)c1ccccc1. The Morgan fingerprint density at radius 2 is 1.62 bits per heavy atom. The molecular weight excluding hydrogens is 256 g/mol. The average Bonchev–Trinajstić information content (AvgIpc) is 3.11. The van der Waals surface area contributed by atoms with Crippen LogP contribution >= 0.6 is 0 Å². The molecule has 0 N–H and O–H groups in total. The molecule has 2 heterocycles. The van der Waals surface area contributed by atoms with E-state index in [1.165, 1.54) is 22.5 Å². The molecule has 1 aromatic heterocycles. The van der Waals surface area contributed by atoms with E-state index in [9.17, 15) is 0 Å². The van der Waals surface area contributed by atoms with Gasteiger partial charge in [0.15, 0.2) is 0 Å². The van der Waals surface area contributed by atoms with E-state index >= 15 is 0 Å². The fourth-order valence-electron chi connectivity index (χ4n) is 2.94. The van der Waals surface area contributed by atoms with E-state index in [4.69, 9.17) is 4.99 Å². The van der Waals surface area contributed by atoms with Crippen LogP contribution in [0.4, 0.5) is 0 Å². The molecule has 1 aliphatic heterocycles. The lowest BCUT2D eigenvalue weighted by Gasteiger charge is -2.08. The molecule has 4 rings (SSSR count). The second-order valence-corrected chi connectivity index (χ2v) is 5.34. The van der Waals surface area contributed by atoms with Crippen molar-refractivity contribution in [2.75, 3.05) is 0 Å². The first kappa shape index (κ1) is 12.2. The normalized spacial score (nSPS) is 15.8. The molecule has 0 saturated carbocycles. The van der Waals surface area contributed by atoms with Gasteiger partial charge in [0, 0.05) is 11.8 Å². The van der Waals surface area contributed by atoms with E-state index in [1.807, 2.05) is 6.07 Å². The zero-order chi connectivity index (χ0) is 14.2. The zero-order valence-electron chi connectivity index (χ0n) is 11.9. The number of benzene rings is 2. The van der Waals surface area contributed by atoms with Crippen molar-refractivity contribution < 1.29 is 0 Å². The van der Waals surface area contributed by atoms with Crippen LogP contribution in [0.3, 0.4) is 0 Å². The second-order valence-electron chi connectivity index (χ2n) is 5.34. The van der Waals surface area contributed by atoms with Crippen LogP contribution < -0.4 is 0 Å². The van der Waals surface area contributed by atoms with Gasteiger partial charge in [0.25, 0.3) is 0 Å². The predicted octanol–water partition coefficient (Wildman–Crippen LogP) is 4.39. The van der Waals surface area contributed by atoms with E-state index in [2.05, 4.69) is 78.4 Å². The van der Waals surface area contributed by atoms with Gasteiger partial charge in [0.05, 0.1) is 23.1 Å². The van der Waals surface area contributed by atoms with E-state index < -0.39 is 0 Å². The van der Waals surface area contributed by atoms with E-state index in [0.29, 0.717) is 0 Å². The third kappa shape index (κ3) is 1.91. The van der Waals surface area contributed by atoms with Gasteiger partial charge in [-0.25, -0.2) is 0 Å². The van der Waals surface area contributed by atoms with E-state index in [0.717, 1.165) is 5.71 Å². The Bertz CT molecular complexity index is 812. The largest absolute Gasteiger partial charge is 0.314 e. The summed E-state index contributed by atoms with van der Waals surface area (Å²) in [5.74, 6) is 0. The predicted molar refractivity (Wildman–Crippen MR) is 86.3 cm³/mol. The molecule has 0 spiro atoms. The van der Waals surface area contributed by atoms with Crippen molar-refractivity contribution >= 4 is 5.71 Å². The maximum Gasteiger partial charge on any atom is 0.0915 e. The fraction of sp³-hybridized carbons (Fsp3) is 0.105. The molecular formula is C19H16N2. The molecule has 1 unspecified atom stereocenters. The van der Waals surface area contributed by atoms with Crippen molar-refractivity contribution in [3.05, 3.63) is 89.7 Å². The first-order chi connectivity index (χ1) is 10.3. The van der Waals surface area contributed by atoms with Crippen molar-refractivity contribution in [3.8, 4) is 5.69 Å². The van der Waals surface area contributed by atoms with Crippen molar-refractivity contribution in [1.82, 2.24) is 4.57 Å². The van der Waals surface area contributed by atoms with Gasteiger partial charge in [-0.2, -0.15) is 0 Å². The van der Waals surface area contributed by atoms with Crippen molar-refractivity contribution in [2.45, 2.75) is 13.0 Å². The molecule has 2 nitrogen and oxygen atoms in total. The summed E-state index contributed by atoms with van der Waals surface area (Å²) >= 11 is 0. The minimum Gasteiger partial charge on any atom is -0.314 e. The molecule has 0 saturated heterocycles. The number of aliphatic imine (C=N–C) groups is 1. The minimum absolute atomic E-state index is 0.149. The summed E-state index contributed by atoms with van der Waals surface area (Å²) in [7, 11) is 0. The smallest absolute Gasteiger partial charge is 0.0915 e. The van der Waals surface area contributed by atoms with Gasteiger partial charge in [-0.3, -0.25) is 4.99 Å². The van der Waals surface area contributed by atoms with Gasteiger partial charge in [0.1, 0.15) is 0 Å². The quantitative estimate of drug-likeness (QED) is 0.515. The molecule has 0 radical (unpaired) electrons. The topological polar surface area (TPSA) is 17.3 Å². The van der Waals surface area contributed by atoms with Gasteiger partial charge >= 0.3 is 0 Å². The molecule has 1 aliphatic rings.